The van der Waals surface area contributed by atoms with Crippen LogP contribution < -0.4 is 0 Å². The van der Waals surface area contributed by atoms with E-state index in [-0.39, 0.29) is 12.0 Å². The van der Waals surface area contributed by atoms with Gasteiger partial charge in [0.2, 0.25) is 0 Å². The zero-order valence-corrected chi connectivity index (χ0v) is 14.8. The second kappa shape index (κ2) is 7.84. The van der Waals surface area contributed by atoms with E-state index in [9.17, 15) is 32.9 Å². The topological polar surface area (TPSA) is 86.5 Å². The van der Waals surface area contributed by atoms with Gasteiger partial charge in [-0.25, -0.2) is 0 Å². The highest BCUT2D eigenvalue weighted by atomic mass is 19.4. The van der Waals surface area contributed by atoms with Gasteiger partial charge < -0.3 is 4.74 Å². The minimum absolute atomic E-state index is 0.0155. The van der Waals surface area contributed by atoms with Crippen LogP contribution >= 0.6 is 0 Å². The number of rotatable bonds is 6. The highest BCUT2D eigenvalue weighted by Crippen LogP contribution is 2.34. The lowest BCUT2D eigenvalue weighted by Crippen LogP contribution is -2.34. The first-order valence-electron chi connectivity index (χ1n) is 7.86. The number of carbonyl (C=O) groups excluding carboxylic acids is 2. The second-order valence-corrected chi connectivity index (χ2v) is 6.71. The average Bonchev–Trinajstić information content (AvgIpc) is 2.48. The Morgan fingerprint density at radius 3 is 2.23 bits per heavy atom. The van der Waals surface area contributed by atoms with Crippen molar-refractivity contribution >= 4 is 17.4 Å². The number of alkyl halides is 3. The first-order valence-corrected chi connectivity index (χ1v) is 7.86. The van der Waals surface area contributed by atoms with Crippen molar-refractivity contribution in [3.63, 3.8) is 0 Å². The Morgan fingerprint density at radius 1 is 1.23 bits per heavy atom. The minimum atomic E-state index is -4.74. The lowest BCUT2D eigenvalue weighted by molar-refractivity contribution is -0.385. The van der Waals surface area contributed by atoms with Gasteiger partial charge in [-0.1, -0.05) is 13.0 Å². The number of halogens is 3. The van der Waals surface area contributed by atoms with Gasteiger partial charge in [0.05, 0.1) is 10.5 Å². The molecule has 26 heavy (non-hydrogen) atoms. The van der Waals surface area contributed by atoms with Gasteiger partial charge >= 0.3 is 12.1 Å². The van der Waals surface area contributed by atoms with Crippen molar-refractivity contribution in [2.75, 3.05) is 0 Å². The fourth-order valence-electron chi connectivity index (χ4n) is 2.25. The van der Waals surface area contributed by atoms with Gasteiger partial charge in [0, 0.05) is 18.1 Å². The van der Waals surface area contributed by atoms with Crippen molar-refractivity contribution in [2.45, 2.75) is 52.3 Å². The Bertz CT molecular complexity index is 707. The summed E-state index contributed by atoms with van der Waals surface area (Å²) in [5.41, 5.74) is -2.99. The normalized spacial score (nSPS) is 13.2. The van der Waals surface area contributed by atoms with E-state index in [2.05, 4.69) is 0 Å². The van der Waals surface area contributed by atoms with E-state index in [0.717, 1.165) is 6.07 Å². The van der Waals surface area contributed by atoms with Crippen molar-refractivity contribution in [1.82, 2.24) is 0 Å². The first-order chi connectivity index (χ1) is 11.8. The van der Waals surface area contributed by atoms with E-state index < -0.39 is 52.0 Å². The van der Waals surface area contributed by atoms with E-state index in [1.54, 1.807) is 20.8 Å². The molecule has 0 saturated carbocycles. The molecule has 1 rings (SSSR count). The zero-order chi connectivity index (χ0) is 20.3. The third-order valence-electron chi connectivity index (χ3n) is 3.46. The third-order valence-corrected chi connectivity index (χ3v) is 3.46. The number of carbonyl (C=O) groups is 2. The number of hydrogen-bond acceptors (Lipinski definition) is 5. The number of ketones is 1. The van der Waals surface area contributed by atoms with Crippen molar-refractivity contribution in [3.8, 4) is 0 Å². The first kappa shape index (κ1) is 21.6. The Labute approximate surface area is 148 Å². The molecule has 0 aliphatic heterocycles. The maximum atomic E-state index is 12.8. The maximum Gasteiger partial charge on any atom is 0.416 e. The van der Waals surface area contributed by atoms with Crippen LogP contribution in [0.15, 0.2) is 18.2 Å². The van der Waals surface area contributed by atoms with Crippen molar-refractivity contribution < 1.29 is 32.4 Å². The molecule has 1 aromatic carbocycles. The molecular formula is C17H20F3NO5. The monoisotopic (exact) mass is 375 g/mol. The Balaban J connectivity index is 3.28. The van der Waals surface area contributed by atoms with Crippen LogP contribution in [0, 0.1) is 16.0 Å². The van der Waals surface area contributed by atoms with Crippen LogP contribution in [0.5, 0.6) is 0 Å². The Morgan fingerprint density at radius 2 is 1.81 bits per heavy atom. The van der Waals surface area contributed by atoms with Crippen LogP contribution in [0.3, 0.4) is 0 Å². The molecule has 0 aliphatic carbocycles. The van der Waals surface area contributed by atoms with Gasteiger partial charge in [0.25, 0.3) is 5.69 Å². The number of nitro benzene ring substituents is 1. The minimum Gasteiger partial charge on any atom is -0.459 e. The average molecular weight is 375 g/mol. The van der Waals surface area contributed by atoms with E-state index in [1.807, 2.05) is 0 Å². The summed E-state index contributed by atoms with van der Waals surface area (Å²) in [6.45, 7) is 6.30. The molecule has 1 atom stereocenters. The summed E-state index contributed by atoms with van der Waals surface area (Å²) < 4.78 is 43.5. The molecule has 0 heterocycles. The van der Waals surface area contributed by atoms with Gasteiger partial charge in [-0.2, -0.15) is 13.2 Å². The van der Waals surface area contributed by atoms with Gasteiger partial charge in [0.15, 0.2) is 0 Å². The van der Waals surface area contributed by atoms with Crippen LogP contribution in [0.2, 0.25) is 0 Å². The van der Waals surface area contributed by atoms with Crippen LogP contribution in [0.25, 0.3) is 0 Å². The number of nitrogens with zero attached hydrogens (tertiary/aromatic N) is 1. The molecule has 0 N–H and O–H groups in total. The molecule has 0 aliphatic rings. The maximum absolute atomic E-state index is 12.8. The van der Waals surface area contributed by atoms with Gasteiger partial charge in [-0.3, -0.25) is 19.7 Å². The molecule has 0 amide bonds. The van der Waals surface area contributed by atoms with Crippen LogP contribution in [0.1, 0.15) is 45.2 Å². The molecular weight excluding hydrogens is 355 g/mol. The summed E-state index contributed by atoms with van der Waals surface area (Å²) in [7, 11) is 0. The van der Waals surface area contributed by atoms with E-state index in [0.29, 0.717) is 12.1 Å². The fourth-order valence-corrected chi connectivity index (χ4v) is 2.25. The summed E-state index contributed by atoms with van der Waals surface area (Å²) in [5.74, 6) is -2.69. The summed E-state index contributed by atoms with van der Waals surface area (Å²) in [6, 6.07) is 2.00. The molecule has 144 valence electrons. The van der Waals surface area contributed by atoms with Crippen LogP contribution in [0.4, 0.5) is 18.9 Å². The summed E-state index contributed by atoms with van der Waals surface area (Å²) in [4.78, 5) is 34.6. The van der Waals surface area contributed by atoms with E-state index in [4.69, 9.17) is 4.74 Å². The highest BCUT2D eigenvalue weighted by molar-refractivity contribution is 5.99. The molecule has 0 saturated heterocycles. The molecule has 1 unspecified atom stereocenters. The summed E-state index contributed by atoms with van der Waals surface area (Å²) >= 11 is 0. The van der Waals surface area contributed by atoms with Crippen LogP contribution in [-0.4, -0.2) is 22.3 Å². The molecule has 0 fully saturated rings. The number of Topliss-reactive ketones (excluding diaryl/α,β-unsaturated/α-hetero) is 1. The summed E-state index contributed by atoms with van der Waals surface area (Å²) in [5, 5.41) is 11.2. The fraction of sp³-hybridized carbons (Fsp3) is 0.529. The SMILES string of the molecule is CCC(=O)C(Cc1ccc(C(F)(F)F)cc1[N+](=O)[O-])C(=O)OC(C)(C)C. The molecule has 6 nitrogen and oxygen atoms in total. The molecule has 1 aromatic rings. The molecule has 0 bridgehead atoms. The van der Waals surface area contributed by atoms with Crippen LogP contribution in [-0.2, 0) is 26.9 Å². The number of nitro groups is 1. The lowest BCUT2D eigenvalue weighted by Gasteiger charge is -2.23. The van der Waals surface area contributed by atoms with Gasteiger partial charge in [-0.15, -0.1) is 0 Å². The predicted molar refractivity (Wildman–Crippen MR) is 86.4 cm³/mol. The number of benzene rings is 1. The lowest BCUT2D eigenvalue weighted by atomic mass is 9.92. The Hall–Kier alpha value is -2.45. The predicted octanol–water partition coefficient (Wildman–Crippen LogP) is 4.09. The number of hydrogen-bond donors (Lipinski definition) is 0. The number of esters is 1. The third kappa shape index (κ3) is 5.82. The van der Waals surface area contributed by atoms with E-state index >= 15 is 0 Å². The standard InChI is InChI=1S/C17H20F3NO5/c1-5-14(22)12(15(23)26-16(2,3)4)8-10-6-7-11(17(18,19)20)9-13(10)21(24)25/h6-7,9,12H,5,8H2,1-4H3. The Kier molecular flexibility index (Phi) is 6.51. The smallest absolute Gasteiger partial charge is 0.416 e. The van der Waals surface area contributed by atoms with Gasteiger partial charge in [-0.05, 0) is 33.3 Å². The summed E-state index contributed by atoms with van der Waals surface area (Å²) in [6.07, 6.45) is -5.17. The molecule has 9 heteroatoms. The quantitative estimate of drug-likeness (QED) is 0.323. The van der Waals surface area contributed by atoms with Crippen molar-refractivity contribution in [2.24, 2.45) is 5.92 Å². The number of ether oxygens (including phenoxy) is 1. The zero-order valence-electron chi connectivity index (χ0n) is 14.8. The largest absolute Gasteiger partial charge is 0.459 e. The highest BCUT2D eigenvalue weighted by Gasteiger charge is 2.35. The van der Waals surface area contributed by atoms with Crippen molar-refractivity contribution in [3.05, 3.63) is 39.4 Å². The molecule has 0 radical (unpaired) electrons. The molecule has 0 spiro atoms. The van der Waals surface area contributed by atoms with Gasteiger partial charge in [0.1, 0.15) is 17.3 Å². The van der Waals surface area contributed by atoms with Crippen molar-refractivity contribution in [1.29, 1.82) is 0 Å². The van der Waals surface area contributed by atoms with E-state index in [1.165, 1.54) is 6.92 Å². The second-order valence-electron chi connectivity index (χ2n) is 6.71. The molecule has 0 aromatic heterocycles.